The van der Waals surface area contributed by atoms with E-state index in [1.807, 2.05) is 13.0 Å². The van der Waals surface area contributed by atoms with Gasteiger partial charge in [-0.05, 0) is 37.5 Å². The maximum atomic E-state index is 12.4. The average molecular weight is 257 g/mol. The normalized spacial score (nSPS) is 12.9. The first-order valence-electron chi connectivity index (χ1n) is 5.43. The lowest BCUT2D eigenvalue weighted by Gasteiger charge is -2.17. The highest BCUT2D eigenvalue weighted by Crippen LogP contribution is 2.29. The molecule has 0 N–H and O–H groups in total. The third kappa shape index (κ3) is 3.16. The van der Waals surface area contributed by atoms with Crippen molar-refractivity contribution in [2.45, 2.75) is 26.9 Å². The van der Waals surface area contributed by atoms with E-state index in [9.17, 15) is 13.2 Å². The molecule has 0 fully saturated rings. The van der Waals surface area contributed by atoms with Crippen LogP contribution in [0.1, 0.15) is 16.7 Å². The van der Waals surface area contributed by atoms with Gasteiger partial charge in [-0.25, -0.2) is 0 Å². The summed E-state index contributed by atoms with van der Waals surface area (Å²) in [6.45, 7) is 4.72. The van der Waals surface area contributed by atoms with Crippen LogP contribution < -0.4 is 4.74 Å². The number of aryl methyl sites for hydroxylation is 2. The summed E-state index contributed by atoms with van der Waals surface area (Å²) in [6, 6.07) is 4.88. The van der Waals surface area contributed by atoms with Crippen LogP contribution in [0.4, 0.5) is 13.2 Å². The van der Waals surface area contributed by atoms with E-state index in [1.54, 1.807) is 19.9 Å². The molecule has 0 saturated heterocycles. The fraction of sp³-hybridized carbons (Fsp3) is 0.462. The molecule has 5 heteroatoms. The van der Waals surface area contributed by atoms with Crippen LogP contribution in [0.15, 0.2) is 12.1 Å². The highest BCUT2D eigenvalue weighted by molar-refractivity contribution is 5.44. The Labute approximate surface area is 104 Å². The molecule has 0 bridgehead atoms. The number of hydrogen-bond donors (Lipinski definition) is 0. The minimum atomic E-state index is -4.56. The van der Waals surface area contributed by atoms with E-state index in [4.69, 9.17) is 10.00 Å². The molecule has 0 aliphatic carbocycles. The number of halogens is 3. The Morgan fingerprint density at radius 1 is 1.22 bits per heavy atom. The molecule has 1 atom stereocenters. The highest BCUT2D eigenvalue weighted by atomic mass is 19.4. The maximum absolute atomic E-state index is 12.4. The lowest BCUT2D eigenvalue weighted by molar-refractivity contribution is -0.165. The molecule has 98 valence electrons. The van der Waals surface area contributed by atoms with Crippen molar-refractivity contribution in [3.05, 3.63) is 28.8 Å². The number of ether oxygens (including phenoxy) is 1. The second-order valence-corrected chi connectivity index (χ2v) is 4.19. The Hall–Kier alpha value is -1.70. The van der Waals surface area contributed by atoms with Crippen molar-refractivity contribution >= 4 is 0 Å². The average Bonchev–Trinajstić information content (AvgIpc) is 2.27. The van der Waals surface area contributed by atoms with Crippen LogP contribution in [0.3, 0.4) is 0 Å². The molecule has 0 spiro atoms. The molecule has 0 saturated carbocycles. The summed E-state index contributed by atoms with van der Waals surface area (Å²) in [7, 11) is 0. The topological polar surface area (TPSA) is 33.0 Å². The summed E-state index contributed by atoms with van der Waals surface area (Å²) in [5.41, 5.74) is 2.50. The van der Waals surface area contributed by atoms with Crippen LogP contribution in [0.5, 0.6) is 5.75 Å². The molecule has 0 aliphatic heterocycles. The van der Waals surface area contributed by atoms with E-state index in [2.05, 4.69) is 0 Å². The summed E-state index contributed by atoms with van der Waals surface area (Å²) >= 11 is 0. The van der Waals surface area contributed by atoms with Gasteiger partial charge in [-0.1, -0.05) is 12.1 Å². The predicted molar refractivity (Wildman–Crippen MR) is 61.3 cm³/mol. The summed E-state index contributed by atoms with van der Waals surface area (Å²) in [6.07, 6.45) is -4.56. The Morgan fingerprint density at radius 2 is 1.78 bits per heavy atom. The van der Waals surface area contributed by atoms with Crippen molar-refractivity contribution in [1.82, 2.24) is 0 Å². The van der Waals surface area contributed by atoms with Crippen molar-refractivity contribution in [3.63, 3.8) is 0 Å². The number of alkyl halides is 3. The smallest absolute Gasteiger partial charge is 0.407 e. The molecule has 0 heterocycles. The highest BCUT2D eigenvalue weighted by Gasteiger charge is 2.40. The molecule has 1 unspecified atom stereocenters. The number of hydrogen-bond acceptors (Lipinski definition) is 2. The second kappa shape index (κ2) is 5.30. The van der Waals surface area contributed by atoms with Crippen molar-refractivity contribution in [2.75, 3.05) is 6.61 Å². The minimum absolute atomic E-state index is 0.430. The first kappa shape index (κ1) is 14.4. The van der Waals surface area contributed by atoms with Crippen molar-refractivity contribution in [1.29, 1.82) is 5.26 Å². The molecule has 2 nitrogen and oxygen atoms in total. The van der Waals surface area contributed by atoms with Gasteiger partial charge in [0.15, 0.2) is 5.92 Å². The van der Waals surface area contributed by atoms with Crippen LogP contribution in [-0.2, 0) is 0 Å². The Balaban J connectivity index is 2.88. The van der Waals surface area contributed by atoms with E-state index in [0.717, 1.165) is 16.7 Å². The van der Waals surface area contributed by atoms with Crippen LogP contribution in [-0.4, -0.2) is 12.8 Å². The first-order chi connectivity index (χ1) is 8.27. The summed E-state index contributed by atoms with van der Waals surface area (Å²) in [5, 5.41) is 8.48. The number of nitriles is 1. The lowest BCUT2D eigenvalue weighted by Crippen LogP contribution is -2.27. The van der Waals surface area contributed by atoms with Gasteiger partial charge in [0.1, 0.15) is 12.4 Å². The van der Waals surface area contributed by atoms with Crippen LogP contribution >= 0.6 is 0 Å². The Morgan fingerprint density at radius 3 is 2.28 bits per heavy atom. The van der Waals surface area contributed by atoms with Gasteiger partial charge in [0.25, 0.3) is 0 Å². The van der Waals surface area contributed by atoms with Crippen molar-refractivity contribution < 1.29 is 17.9 Å². The first-order valence-corrected chi connectivity index (χ1v) is 5.43. The third-order valence-electron chi connectivity index (χ3n) is 2.82. The van der Waals surface area contributed by atoms with Gasteiger partial charge in [-0.2, -0.15) is 18.4 Å². The van der Waals surface area contributed by atoms with Crippen LogP contribution in [0.25, 0.3) is 0 Å². The third-order valence-corrected chi connectivity index (χ3v) is 2.82. The Bertz CT molecular complexity index is 474. The summed E-state index contributed by atoms with van der Waals surface area (Å²) in [4.78, 5) is 0. The van der Waals surface area contributed by atoms with Crippen molar-refractivity contribution in [3.8, 4) is 11.8 Å². The predicted octanol–water partition coefficient (Wildman–Crippen LogP) is 3.69. The van der Waals surface area contributed by atoms with Gasteiger partial charge in [0.05, 0.1) is 6.07 Å². The van der Waals surface area contributed by atoms with E-state index in [-0.39, 0.29) is 0 Å². The van der Waals surface area contributed by atoms with Gasteiger partial charge >= 0.3 is 6.18 Å². The summed E-state index contributed by atoms with van der Waals surface area (Å²) in [5.74, 6) is -1.67. The van der Waals surface area contributed by atoms with Crippen molar-refractivity contribution in [2.24, 2.45) is 5.92 Å². The quantitative estimate of drug-likeness (QED) is 0.827. The standard InChI is InChI=1S/C13H14F3NO/c1-8-4-5-9(2)12(10(8)3)18-7-11(6-17)13(14,15)16/h4-5,11H,7H2,1-3H3. The number of nitrogens with zero attached hydrogens (tertiary/aromatic N) is 1. The van der Waals surface area contributed by atoms with E-state index in [1.165, 1.54) is 6.07 Å². The van der Waals surface area contributed by atoms with Gasteiger partial charge in [-0.15, -0.1) is 0 Å². The van der Waals surface area contributed by atoms with Crippen LogP contribution in [0, 0.1) is 38.0 Å². The molecule has 0 aliphatic rings. The molecule has 0 radical (unpaired) electrons. The number of rotatable bonds is 3. The van der Waals surface area contributed by atoms with Gasteiger partial charge in [0, 0.05) is 0 Å². The van der Waals surface area contributed by atoms with Gasteiger partial charge in [-0.3, -0.25) is 0 Å². The molecule has 0 amide bonds. The number of benzene rings is 1. The second-order valence-electron chi connectivity index (χ2n) is 4.19. The molecule has 1 aromatic rings. The van der Waals surface area contributed by atoms with Crippen LogP contribution in [0.2, 0.25) is 0 Å². The summed E-state index contributed by atoms with van der Waals surface area (Å²) < 4.78 is 42.4. The zero-order valence-electron chi connectivity index (χ0n) is 10.4. The fourth-order valence-electron chi connectivity index (χ4n) is 1.52. The van der Waals surface area contributed by atoms with E-state index >= 15 is 0 Å². The lowest BCUT2D eigenvalue weighted by atomic mass is 10.1. The van der Waals surface area contributed by atoms with Gasteiger partial charge in [0.2, 0.25) is 0 Å². The molecule has 0 aromatic heterocycles. The SMILES string of the molecule is Cc1ccc(C)c(OCC(C#N)C(F)(F)F)c1C. The fourth-order valence-corrected chi connectivity index (χ4v) is 1.52. The van der Waals surface area contributed by atoms with E-state index in [0.29, 0.717) is 5.75 Å². The molecule has 1 rings (SSSR count). The van der Waals surface area contributed by atoms with E-state index < -0.39 is 18.7 Å². The zero-order valence-corrected chi connectivity index (χ0v) is 10.4. The molecule has 1 aromatic carbocycles. The Kier molecular flexibility index (Phi) is 4.23. The molecular formula is C13H14F3NO. The minimum Gasteiger partial charge on any atom is -0.491 e. The largest absolute Gasteiger partial charge is 0.491 e. The monoisotopic (exact) mass is 257 g/mol. The maximum Gasteiger partial charge on any atom is 0.407 e. The molecule has 18 heavy (non-hydrogen) atoms. The zero-order chi connectivity index (χ0) is 13.9. The van der Waals surface area contributed by atoms with Gasteiger partial charge < -0.3 is 4.74 Å². The molecular weight excluding hydrogens is 243 g/mol.